The second kappa shape index (κ2) is 10.4. The molecule has 0 saturated heterocycles. The van der Waals surface area contributed by atoms with Gasteiger partial charge in [0.2, 0.25) is 0 Å². The van der Waals surface area contributed by atoms with Gasteiger partial charge in [-0.3, -0.25) is 14.6 Å². The molecule has 0 saturated carbocycles. The molecular weight excluding hydrogens is 505 g/mol. The van der Waals surface area contributed by atoms with Crippen LogP contribution in [0.5, 0.6) is 5.75 Å². The molecule has 0 fully saturated rings. The molecule has 2 heterocycles. The van der Waals surface area contributed by atoms with Crippen LogP contribution in [-0.2, 0) is 18.3 Å². The van der Waals surface area contributed by atoms with Crippen molar-refractivity contribution in [3.05, 3.63) is 92.5 Å². The first-order chi connectivity index (χ1) is 17.2. The number of methoxy groups -OCH3 is 1. The van der Waals surface area contributed by atoms with Crippen molar-refractivity contribution in [1.29, 1.82) is 0 Å². The fourth-order valence-corrected chi connectivity index (χ4v) is 4.58. The first kappa shape index (κ1) is 25.2. The van der Waals surface area contributed by atoms with Gasteiger partial charge in [-0.25, -0.2) is 4.79 Å². The monoisotopic (exact) mass is 525 g/mol. The van der Waals surface area contributed by atoms with Crippen molar-refractivity contribution < 1.29 is 19.4 Å². The summed E-state index contributed by atoms with van der Waals surface area (Å²) in [5.41, 5.74) is 1.78. The Morgan fingerprint density at radius 3 is 2.50 bits per heavy atom. The van der Waals surface area contributed by atoms with E-state index in [9.17, 15) is 19.5 Å². The summed E-state index contributed by atoms with van der Waals surface area (Å²) in [7, 11) is 3.13. The minimum atomic E-state index is -1.29. The van der Waals surface area contributed by atoms with Gasteiger partial charge >= 0.3 is 5.97 Å². The van der Waals surface area contributed by atoms with E-state index in [2.05, 4.69) is 10.3 Å². The second-order valence-electron chi connectivity index (χ2n) is 8.01. The lowest BCUT2D eigenvalue weighted by Crippen LogP contribution is -2.42. The van der Waals surface area contributed by atoms with Gasteiger partial charge in [0.05, 0.1) is 33.8 Å². The Morgan fingerprint density at radius 2 is 1.83 bits per heavy atom. The second-order valence-corrected chi connectivity index (χ2v) is 8.83. The largest absolute Gasteiger partial charge is 0.496 e. The minimum absolute atomic E-state index is 0.00238. The average molecular weight is 526 g/mol. The number of rotatable bonds is 7. The lowest BCUT2D eigenvalue weighted by molar-refractivity contribution is -0.139. The molecule has 10 heteroatoms. The van der Waals surface area contributed by atoms with Gasteiger partial charge in [-0.1, -0.05) is 47.5 Å². The number of carbonyl (C=O) groups excluding carboxylic acids is 1. The van der Waals surface area contributed by atoms with Gasteiger partial charge in [-0.15, -0.1) is 0 Å². The van der Waals surface area contributed by atoms with Crippen LogP contribution in [0.4, 0.5) is 0 Å². The van der Waals surface area contributed by atoms with Crippen LogP contribution in [0.25, 0.3) is 22.0 Å². The Hall–Kier alpha value is -3.88. The first-order valence-corrected chi connectivity index (χ1v) is 11.6. The predicted octanol–water partition coefficient (Wildman–Crippen LogP) is 4.34. The highest BCUT2D eigenvalue weighted by atomic mass is 35.5. The molecule has 8 nitrogen and oxygen atoms in total. The maximum absolute atomic E-state index is 13.0. The Kier molecular flexibility index (Phi) is 7.28. The number of fused-ring (bicyclic) bond motifs is 1. The smallest absolute Gasteiger partial charge is 0.326 e. The number of ether oxygens (including phenoxy) is 1. The highest BCUT2D eigenvalue weighted by molar-refractivity contribution is 6.39. The molecule has 1 unspecified atom stereocenters. The van der Waals surface area contributed by atoms with E-state index < -0.39 is 17.9 Å². The summed E-state index contributed by atoms with van der Waals surface area (Å²) in [4.78, 5) is 42.3. The van der Waals surface area contributed by atoms with E-state index in [1.165, 1.54) is 23.8 Å². The number of aromatic nitrogens is 2. The molecule has 4 aromatic rings. The van der Waals surface area contributed by atoms with Crippen LogP contribution >= 0.6 is 23.2 Å². The molecule has 0 aliphatic rings. The summed E-state index contributed by atoms with van der Waals surface area (Å²) < 4.78 is 6.88. The van der Waals surface area contributed by atoms with Crippen molar-refractivity contribution >= 4 is 46.0 Å². The van der Waals surface area contributed by atoms with Crippen LogP contribution in [0.1, 0.15) is 15.9 Å². The summed E-state index contributed by atoms with van der Waals surface area (Å²) in [6, 6.07) is 11.9. The number of halogens is 2. The number of benzene rings is 2. The molecule has 0 bridgehead atoms. The van der Waals surface area contributed by atoms with Crippen LogP contribution < -0.4 is 15.6 Å². The number of pyridine rings is 2. The fourth-order valence-electron chi connectivity index (χ4n) is 4.01. The van der Waals surface area contributed by atoms with Crippen LogP contribution in [0, 0.1) is 0 Å². The van der Waals surface area contributed by atoms with E-state index in [1.807, 2.05) is 0 Å². The minimum Gasteiger partial charge on any atom is -0.496 e. The van der Waals surface area contributed by atoms with Gasteiger partial charge in [0.15, 0.2) is 0 Å². The van der Waals surface area contributed by atoms with Crippen molar-refractivity contribution in [2.75, 3.05) is 7.11 Å². The zero-order valence-electron chi connectivity index (χ0n) is 19.3. The van der Waals surface area contributed by atoms with Gasteiger partial charge in [0, 0.05) is 36.8 Å². The standard InChI is InChI=1S/C26H21Cl2N3O5/c1-31-12-10-20(36-2)21(25(31)33)15-9-8-14(23-16(15)5-4-11-29-23)13-19(26(34)35)30-24(32)22-17(27)6-3-7-18(22)28/h3-12,19H,13H2,1-2H3,(H,30,32)(H,34,35). The van der Waals surface area contributed by atoms with Crippen molar-refractivity contribution in [2.24, 2.45) is 7.05 Å². The van der Waals surface area contributed by atoms with Crippen molar-refractivity contribution in [2.45, 2.75) is 12.5 Å². The molecule has 2 aromatic carbocycles. The number of carboxylic acids is 1. The Morgan fingerprint density at radius 1 is 1.11 bits per heavy atom. The van der Waals surface area contributed by atoms with Crippen molar-refractivity contribution in [3.8, 4) is 16.9 Å². The molecule has 0 aliphatic carbocycles. The van der Waals surface area contributed by atoms with Gasteiger partial charge in [0.1, 0.15) is 11.8 Å². The number of carboxylic acid groups (broad SMARTS) is 1. The molecule has 1 atom stereocenters. The Balaban J connectivity index is 1.76. The third kappa shape index (κ3) is 4.78. The molecule has 0 spiro atoms. The quantitative estimate of drug-likeness (QED) is 0.371. The summed E-state index contributed by atoms with van der Waals surface area (Å²) in [5, 5.41) is 13.2. The molecule has 0 radical (unpaired) electrons. The molecule has 2 aromatic heterocycles. The van der Waals surface area contributed by atoms with E-state index in [-0.39, 0.29) is 27.6 Å². The zero-order chi connectivity index (χ0) is 26.0. The number of aliphatic carboxylic acids is 1. The van der Waals surface area contributed by atoms with E-state index in [0.717, 1.165) is 0 Å². The number of amides is 1. The van der Waals surface area contributed by atoms with Gasteiger partial charge in [-0.05, 0) is 29.8 Å². The molecule has 4 rings (SSSR count). The predicted molar refractivity (Wildman–Crippen MR) is 138 cm³/mol. The molecule has 1 amide bonds. The lowest BCUT2D eigenvalue weighted by atomic mass is 9.95. The van der Waals surface area contributed by atoms with Crippen LogP contribution in [0.3, 0.4) is 0 Å². The summed E-state index contributed by atoms with van der Waals surface area (Å²) in [6.07, 6.45) is 3.12. The van der Waals surface area contributed by atoms with E-state index in [0.29, 0.717) is 33.3 Å². The molecular formula is C26H21Cl2N3O5. The number of nitrogens with one attached hydrogen (secondary N) is 1. The van der Waals surface area contributed by atoms with Crippen LogP contribution in [-0.4, -0.2) is 39.7 Å². The lowest BCUT2D eigenvalue weighted by Gasteiger charge is -2.18. The van der Waals surface area contributed by atoms with Crippen LogP contribution in [0.15, 0.2) is 65.7 Å². The summed E-state index contributed by atoms with van der Waals surface area (Å²) in [6.45, 7) is 0. The normalized spacial score (nSPS) is 11.8. The average Bonchev–Trinajstić information content (AvgIpc) is 2.85. The van der Waals surface area contributed by atoms with Gasteiger partial charge in [-0.2, -0.15) is 0 Å². The third-order valence-electron chi connectivity index (χ3n) is 5.79. The Labute approximate surface area is 216 Å². The van der Waals surface area contributed by atoms with Crippen LogP contribution in [0.2, 0.25) is 10.0 Å². The topological polar surface area (TPSA) is 111 Å². The van der Waals surface area contributed by atoms with Gasteiger partial charge in [0.25, 0.3) is 11.5 Å². The number of carbonyl (C=O) groups is 2. The number of aryl methyl sites for hydroxylation is 1. The van der Waals surface area contributed by atoms with E-state index in [4.69, 9.17) is 27.9 Å². The maximum Gasteiger partial charge on any atom is 0.326 e. The third-order valence-corrected chi connectivity index (χ3v) is 6.42. The highest BCUT2D eigenvalue weighted by Crippen LogP contribution is 2.33. The summed E-state index contributed by atoms with van der Waals surface area (Å²) >= 11 is 12.2. The molecule has 0 aliphatic heterocycles. The van der Waals surface area contributed by atoms with Crippen molar-refractivity contribution in [1.82, 2.24) is 14.9 Å². The molecule has 2 N–H and O–H groups in total. The van der Waals surface area contributed by atoms with Crippen molar-refractivity contribution in [3.63, 3.8) is 0 Å². The molecule has 36 heavy (non-hydrogen) atoms. The fraction of sp³-hybridized carbons (Fsp3) is 0.154. The maximum atomic E-state index is 13.0. The van der Waals surface area contributed by atoms with E-state index >= 15 is 0 Å². The number of nitrogens with zero attached hydrogens (tertiary/aromatic N) is 2. The Bertz CT molecular complexity index is 1530. The first-order valence-electron chi connectivity index (χ1n) is 10.8. The summed E-state index contributed by atoms with van der Waals surface area (Å²) in [5.74, 6) is -1.54. The SMILES string of the molecule is COc1ccn(C)c(=O)c1-c1ccc(CC(NC(=O)c2c(Cl)cccc2Cl)C(=O)O)c2ncccc12. The zero-order valence-corrected chi connectivity index (χ0v) is 20.8. The molecule has 184 valence electrons. The van der Waals surface area contributed by atoms with Gasteiger partial charge < -0.3 is 19.7 Å². The van der Waals surface area contributed by atoms with E-state index in [1.54, 1.807) is 55.8 Å². The highest BCUT2D eigenvalue weighted by Gasteiger charge is 2.25. The number of hydrogen-bond acceptors (Lipinski definition) is 5. The number of hydrogen-bond donors (Lipinski definition) is 2.